The first kappa shape index (κ1) is 8.59. The second kappa shape index (κ2) is 5.72. The molecule has 2 N–H and O–H groups in total. The zero-order chi connectivity index (χ0) is 7.11. The van der Waals surface area contributed by atoms with Gasteiger partial charge in [0.1, 0.15) is 6.29 Å². The summed E-state index contributed by atoms with van der Waals surface area (Å²) in [6.07, 6.45) is 1.97. The first-order valence-electron chi connectivity index (χ1n) is 3.07. The summed E-state index contributed by atoms with van der Waals surface area (Å²) in [7, 11) is 0. The number of aliphatic hydroxyl groups excluding tert-OH is 1. The largest absolute Gasteiger partial charge is 0.368 e. The molecule has 0 aromatic heterocycles. The van der Waals surface area contributed by atoms with Crippen LogP contribution in [0.25, 0.3) is 0 Å². The SMILES string of the molecule is O=CCCCCC(O)O. The molecule has 0 radical (unpaired) electrons. The zero-order valence-corrected chi connectivity index (χ0v) is 5.29. The van der Waals surface area contributed by atoms with Crippen LogP contribution in [-0.2, 0) is 4.79 Å². The van der Waals surface area contributed by atoms with Gasteiger partial charge >= 0.3 is 0 Å². The minimum absolute atomic E-state index is 0.369. The maximum absolute atomic E-state index is 9.72. The van der Waals surface area contributed by atoms with E-state index in [1.807, 2.05) is 0 Å². The first-order chi connectivity index (χ1) is 4.27. The van der Waals surface area contributed by atoms with E-state index in [0.29, 0.717) is 19.3 Å². The summed E-state index contributed by atoms with van der Waals surface area (Å²) >= 11 is 0. The smallest absolute Gasteiger partial charge is 0.151 e. The van der Waals surface area contributed by atoms with Crippen LogP contribution in [0.3, 0.4) is 0 Å². The zero-order valence-electron chi connectivity index (χ0n) is 5.29. The normalized spacial score (nSPS) is 10.1. The highest BCUT2D eigenvalue weighted by Gasteiger charge is 1.94. The third kappa shape index (κ3) is 7.59. The summed E-state index contributed by atoms with van der Waals surface area (Å²) < 4.78 is 0. The monoisotopic (exact) mass is 132 g/mol. The average Bonchev–Trinajstić information content (AvgIpc) is 1.80. The summed E-state index contributed by atoms with van der Waals surface area (Å²) in [5.41, 5.74) is 0. The molecule has 0 aromatic carbocycles. The van der Waals surface area contributed by atoms with Crippen LogP contribution in [0.1, 0.15) is 25.7 Å². The Labute approximate surface area is 54.3 Å². The van der Waals surface area contributed by atoms with Crippen molar-refractivity contribution in [3.05, 3.63) is 0 Å². The summed E-state index contributed by atoms with van der Waals surface area (Å²) in [5, 5.41) is 16.6. The van der Waals surface area contributed by atoms with Gasteiger partial charge in [0, 0.05) is 6.42 Å². The number of carbonyl (C=O) groups is 1. The predicted octanol–water partition coefficient (Wildman–Crippen LogP) is 0.0564. The quantitative estimate of drug-likeness (QED) is 0.316. The van der Waals surface area contributed by atoms with Crippen molar-refractivity contribution in [1.29, 1.82) is 0 Å². The van der Waals surface area contributed by atoms with E-state index < -0.39 is 6.29 Å². The molecule has 0 heterocycles. The fourth-order valence-corrected chi connectivity index (χ4v) is 0.555. The van der Waals surface area contributed by atoms with Crippen LogP contribution in [0, 0.1) is 0 Å². The van der Waals surface area contributed by atoms with E-state index in [2.05, 4.69) is 0 Å². The van der Waals surface area contributed by atoms with Crippen LogP contribution < -0.4 is 0 Å². The Balaban J connectivity index is 2.82. The highest BCUT2D eigenvalue weighted by atomic mass is 16.5. The van der Waals surface area contributed by atoms with Gasteiger partial charge in [-0.1, -0.05) is 0 Å². The van der Waals surface area contributed by atoms with Gasteiger partial charge in [-0.05, 0) is 19.3 Å². The Morgan fingerprint density at radius 3 is 2.44 bits per heavy atom. The number of hydrogen-bond acceptors (Lipinski definition) is 3. The Bertz CT molecular complexity index is 70.7. The molecule has 0 aliphatic carbocycles. The second-order valence-electron chi connectivity index (χ2n) is 1.93. The molecule has 3 heteroatoms. The standard InChI is InChI=1S/C6H12O3/c7-5-3-1-2-4-6(8)9/h5-6,8-9H,1-4H2. The molecule has 0 unspecified atom stereocenters. The van der Waals surface area contributed by atoms with Gasteiger partial charge in [0.15, 0.2) is 6.29 Å². The van der Waals surface area contributed by atoms with Gasteiger partial charge in [-0.2, -0.15) is 0 Å². The highest BCUT2D eigenvalue weighted by molar-refractivity contribution is 5.48. The molecule has 9 heavy (non-hydrogen) atoms. The maximum atomic E-state index is 9.72. The maximum Gasteiger partial charge on any atom is 0.151 e. The number of carbonyl (C=O) groups excluding carboxylic acids is 1. The van der Waals surface area contributed by atoms with Gasteiger partial charge < -0.3 is 15.0 Å². The minimum atomic E-state index is -1.21. The predicted molar refractivity (Wildman–Crippen MR) is 32.8 cm³/mol. The number of hydrogen-bond donors (Lipinski definition) is 2. The molecule has 0 aromatic rings. The van der Waals surface area contributed by atoms with Crippen molar-refractivity contribution in [1.82, 2.24) is 0 Å². The van der Waals surface area contributed by atoms with Gasteiger partial charge in [-0.15, -0.1) is 0 Å². The molecule has 0 saturated carbocycles. The summed E-state index contributed by atoms with van der Waals surface area (Å²) in [4.78, 5) is 9.72. The van der Waals surface area contributed by atoms with Crippen LogP contribution in [0.5, 0.6) is 0 Å². The van der Waals surface area contributed by atoms with E-state index in [-0.39, 0.29) is 0 Å². The lowest BCUT2D eigenvalue weighted by atomic mass is 10.2. The van der Waals surface area contributed by atoms with Gasteiger partial charge in [-0.3, -0.25) is 0 Å². The Morgan fingerprint density at radius 2 is 2.00 bits per heavy atom. The van der Waals surface area contributed by atoms with Crippen molar-refractivity contribution in [2.24, 2.45) is 0 Å². The number of unbranched alkanes of at least 4 members (excludes halogenated alkanes) is 2. The second-order valence-corrected chi connectivity index (χ2v) is 1.93. The Hall–Kier alpha value is -0.410. The number of aliphatic hydroxyl groups is 2. The fourth-order valence-electron chi connectivity index (χ4n) is 0.555. The number of rotatable bonds is 5. The van der Waals surface area contributed by atoms with Crippen LogP contribution in [-0.4, -0.2) is 22.8 Å². The molecule has 0 aliphatic heterocycles. The van der Waals surface area contributed by atoms with E-state index in [9.17, 15) is 4.79 Å². The van der Waals surface area contributed by atoms with E-state index in [4.69, 9.17) is 10.2 Å². The van der Waals surface area contributed by atoms with E-state index >= 15 is 0 Å². The van der Waals surface area contributed by atoms with Crippen LogP contribution >= 0.6 is 0 Å². The topological polar surface area (TPSA) is 57.5 Å². The van der Waals surface area contributed by atoms with Crippen molar-refractivity contribution >= 4 is 6.29 Å². The van der Waals surface area contributed by atoms with E-state index in [1.54, 1.807) is 0 Å². The van der Waals surface area contributed by atoms with E-state index in [1.165, 1.54) is 0 Å². The summed E-state index contributed by atoms with van der Waals surface area (Å²) in [6.45, 7) is 0. The lowest BCUT2D eigenvalue weighted by Gasteiger charge is -1.99. The third-order valence-corrected chi connectivity index (χ3v) is 1.03. The molecular formula is C6H12O3. The number of aldehydes is 1. The Kier molecular flexibility index (Phi) is 5.46. The van der Waals surface area contributed by atoms with Crippen molar-refractivity contribution < 1.29 is 15.0 Å². The average molecular weight is 132 g/mol. The highest BCUT2D eigenvalue weighted by Crippen LogP contribution is 1.99. The van der Waals surface area contributed by atoms with Gasteiger partial charge in [-0.25, -0.2) is 0 Å². The van der Waals surface area contributed by atoms with Crippen LogP contribution in [0.15, 0.2) is 0 Å². The molecular weight excluding hydrogens is 120 g/mol. The van der Waals surface area contributed by atoms with Gasteiger partial charge in [0.25, 0.3) is 0 Å². The van der Waals surface area contributed by atoms with Crippen molar-refractivity contribution in [3.8, 4) is 0 Å². The molecule has 3 nitrogen and oxygen atoms in total. The Morgan fingerprint density at radius 1 is 1.33 bits per heavy atom. The third-order valence-electron chi connectivity index (χ3n) is 1.03. The first-order valence-corrected chi connectivity index (χ1v) is 3.07. The van der Waals surface area contributed by atoms with Crippen molar-refractivity contribution in [3.63, 3.8) is 0 Å². The van der Waals surface area contributed by atoms with Crippen LogP contribution in [0.4, 0.5) is 0 Å². The molecule has 54 valence electrons. The molecule has 0 atom stereocenters. The van der Waals surface area contributed by atoms with Crippen LogP contribution in [0.2, 0.25) is 0 Å². The summed E-state index contributed by atoms with van der Waals surface area (Å²) in [6, 6.07) is 0. The fraction of sp³-hybridized carbons (Fsp3) is 0.833. The van der Waals surface area contributed by atoms with Crippen molar-refractivity contribution in [2.75, 3.05) is 0 Å². The van der Waals surface area contributed by atoms with E-state index in [0.717, 1.165) is 12.7 Å². The van der Waals surface area contributed by atoms with Crippen molar-refractivity contribution in [2.45, 2.75) is 32.0 Å². The minimum Gasteiger partial charge on any atom is -0.368 e. The summed E-state index contributed by atoms with van der Waals surface area (Å²) in [5.74, 6) is 0. The van der Waals surface area contributed by atoms with Gasteiger partial charge in [0.2, 0.25) is 0 Å². The molecule has 0 spiro atoms. The lowest BCUT2D eigenvalue weighted by Crippen LogP contribution is -2.02. The molecule has 0 aliphatic rings. The van der Waals surface area contributed by atoms with Gasteiger partial charge in [0.05, 0.1) is 0 Å². The molecule has 0 rings (SSSR count). The molecule has 0 fully saturated rings. The molecule has 0 bridgehead atoms. The lowest BCUT2D eigenvalue weighted by molar-refractivity contribution is -0.108. The molecule has 0 saturated heterocycles. The molecule has 0 amide bonds.